The van der Waals surface area contributed by atoms with E-state index in [2.05, 4.69) is 37.9 Å². The van der Waals surface area contributed by atoms with Crippen LogP contribution in [0.3, 0.4) is 0 Å². The van der Waals surface area contributed by atoms with Gasteiger partial charge >= 0.3 is 0 Å². The van der Waals surface area contributed by atoms with Gasteiger partial charge in [0.1, 0.15) is 0 Å². The normalized spacial score (nSPS) is 24.0. The summed E-state index contributed by atoms with van der Waals surface area (Å²) in [6.07, 6.45) is 4.05. The molecule has 0 radical (unpaired) electrons. The molecule has 15 heavy (non-hydrogen) atoms. The van der Waals surface area contributed by atoms with E-state index < -0.39 is 0 Å². The Morgan fingerprint density at radius 3 is 2.73 bits per heavy atom. The summed E-state index contributed by atoms with van der Waals surface area (Å²) in [5.41, 5.74) is 0.532. The number of nitrogens with zero attached hydrogens (tertiary/aromatic N) is 1. The van der Waals surface area contributed by atoms with Gasteiger partial charge in [-0.3, -0.25) is 0 Å². The monoisotopic (exact) mass is 212 g/mol. The predicted octanol–water partition coefficient (Wildman–Crippen LogP) is 2.50. The van der Waals surface area contributed by atoms with E-state index in [4.69, 9.17) is 0 Å². The molecule has 0 aromatic carbocycles. The van der Waals surface area contributed by atoms with Gasteiger partial charge in [-0.25, -0.2) is 0 Å². The van der Waals surface area contributed by atoms with Crippen molar-refractivity contribution in [1.82, 2.24) is 10.2 Å². The second-order valence-corrected chi connectivity index (χ2v) is 5.73. The maximum atomic E-state index is 3.41. The summed E-state index contributed by atoms with van der Waals surface area (Å²) in [6.45, 7) is 14.2. The smallest absolute Gasteiger partial charge is 0.00792 e. The highest BCUT2D eigenvalue weighted by Gasteiger charge is 2.28. The molecule has 1 heterocycles. The maximum Gasteiger partial charge on any atom is 0.00792 e. The standard InChI is InChI=1S/C13H28N2/c1-5-14-9-7-12(2)15-10-6-8-13(3,4)11-15/h12,14H,5-11H2,1-4H3. The van der Waals surface area contributed by atoms with Crippen molar-refractivity contribution in [2.24, 2.45) is 5.41 Å². The summed E-state index contributed by atoms with van der Waals surface area (Å²) in [5, 5.41) is 3.41. The van der Waals surface area contributed by atoms with Crippen LogP contribution in [0.4, 0.5) is 0 Å². The Hall–Kier alpha value is -0.0800. The first kappa shape index (κ1) is 13.0. The van der Waals surface area contributed by atoms with Crippen LogP contribution in [0.1, 0.15) is 47.0 Å². The van der Waals surface area contributed by atoms with Crippen molar-refractivity contribution in [2.45, 2.75) is 53.0 Å². The van der Waals surface area contributed by atoms with Crippen molar-refractivity contribution in [3.05, 3.63) is 0 Å². The highest BCUT2D eigenvalue weighted by Crippen LogP contribution is 2.29. The summed E-state index contributed by atoms with van der Waals surface area (Å²) in [6, 6.07) is 0.739. The van der Waals surface area contributed by atoms with E-state index in [1.165, 1.54) is 32.4 Å². The van der Waals surface area contributed by atoms with E-state index in [9.17, 15) is 0 Å². The lowest BCUT2D eigenvalue weighted by Crippen LogP contribution is -2.45. The van der Waals surface area contributed by atoms with Gasteiger partial charge in [0.25, 0.3) is 0 Å². The SMILES string of the molecule is CCNCCC(C)N1CCCC(C)(C)C1. The molecule has 0 aromatic heterocycles. The van der Waals surface area contributed by atoms with Gasteiger partial charge in [0.05, 0.1) is 0 Å². The van der Waals surface area contributed by atoms with Gasteiger partial charge in [0.2, 0.25) is 0 Å². The molecule has 0 bridgehead atoms. The van der Waals surface area contributed by atoms with Gasteiger partial charge in [-0.05, 0) is 51.2 Å². The highest BCUT2D eigenvalue weighted by atomic mass is 15.2. The highest BCUT2D eigenvalue weighted by molar-refractivity contribution is 4.82. The van der Waals surface area contributed by atoms with Gasteiger partial charge in [-0.15, -0.1) is 0 Å². The molecule has 1 fully saturated rings. The Bertz CT molecular complexity index is 177. The zero-order valence-corrected chi connectivity index (χ0v) is 11.0. The molecule has 0 saturated carbocycles. The second-order valence-electron chi connectivity index (χ2n) is 5.73. The molecule has 1 aliphatic rings. The third-order valence-corrected chi connectivity index (χ3v) is 3.54. The quantitative estimate of drug-likeness (QED) is 0.704. The maximum absolute atomic E-state index is 3.41. The van der Waals surface area contributed by atoms with Crippen molar-refractivity contribution in [3.8, 4) is 0 Å². The van der Waals surface area contributed by atoms with Crippen LogP contribution in [-0.4, -0.2) is 37.1 Å². The number of rotatable bonds is 5. The Labute approximate surface area is 95.4 Å². The molecule has 90 valence electrons. The number of hydrogen-bond donors (Lipinski definition) is 1. The minimum atomic E-state index is 0.532. The molecule has 0 aromatic rings. The summed E-state index contributed by atoms with van der Waals surface area (Å²) in [5.74, 6) is 0. The fourth-order valence-corrected chi connectivity index (χ4v) is 2.52. The van der Waals surface area contributed by atoms with E-state index in [0.29, 0.717) is 5.41 Å². The Kier molecular flexibility index (Phi) is 5.07. The summed E-state index contributed by atoms with van der Waals surface area (Å²) in [7, 11) is 0. The van der Waals surface area contributed by atoms with Crippen LogP contribution in [0.5, 0.6) is 0 Å². The van der Waals surface area contributed by atoms with Crippen LogP contribution in [-0.2, 0) is 0 Å². The van der Waals surface area contributed by atoms with E-state index in [0.717, 1.165) is 19.1 Å². The average molecular weight is 212 g/mol. The fourth-order valence-electron chi connectivity index (χ4n) is 2.52. The van der Waals surface area contributed by atoms with Crippen LogP contribution < -0.4 is 5.32 Å². The number of nitrogens with one attached hydrogen (secondary N) is 1. The number of hydrogen-bond acceptors (Lipinski definition) is 2. The second kappa shape index (κ2) is 5.86. The molecule has 1 N–H and O–H groups in total. The zero-order chi connectivity index (χ0) is 11.3. The summed E-state index contributed by atoms with van der Waals surface area (Å²) in [4.78, 5) is 2.67. The van der Waals surface area contributed by atoms with Crippen LogP contribution in [0.2, 0.25) is 0 Å². The van der Waals surface area contributed by atoms with E-state index in [-0.39, 0.29) is 0 Å². The van der Waals surface area contributed by atoms with Gasteiger partial charge in [0.15, 0.2) is 0 Å². The molecular formula is C13H28N2. The van der Waals surface area contributed by atoms with Gasteiger partial charge in [-0.1, -0.05) is 20.8 Å². The molecule has 1 aliphatic heterocycles. The Morgan fingerprint density at radius 1 is 1.40 bits per heavy atom. The van der Waals surface area contributed by atoms with E-state index in [1.54, 1.807) is 0 Å². The average Bonchev–Trinajstić information content (AvgIpc) is 2.16. The fraction of sp³-hybridized carbons (Fsp3) is 1.00. The lowest BCUT2D eigenvalue weighted by molar-refractivity contribution is 0.0813. The molecule has 1 atom stereocenters. The van der Waals surface area contributed by atoms with Crippen LogP contribution in [0.15, 0.2) is 0 Å². The minimum absolute atomic E-state index is 0.532. The molecule has 2 nitrogen and oxygen atoms in total. The molecule has 0 aliphatic carbocycles. The molecule has 2 heteroatoms. The lowest BCUT2D eigenvalue weighted by Gasteiger charge is -2.41. The zero-order valence-electron chi connectivity index (χ0n) is 11.0. The number of piperidine rings is 1. The topological polar surface area (TPSA) is 15.3 Å². The van der Waals surface area contributed by atoms with Gasteiger partial charge in [-0.2, -0.15) is 0 Å². The van der Waals surface area contributed by atoms with Crippen molar-refractivity contribution < 1.29 is 0 Å². The molecule has 1 rings (SSSR count). The van der Waals surface area contributed by atoms with E-state index >= 15 is 0 Å². The molecule has 1 unspecified atom stereocenters. The molecule has 0 amide bonds. The van der Waals surface area contributed by atoms with E-state index in [1.807, 2.05) is 0 Å². The Balaban J connectivity index is 2.29. The van der Waals surface area contributed by atoms with Crippen molar-refractivity contribution in [1.29, 1.82) is 0 Å². The third kappa shape index (κ3) is 4.52. The van der Waals surface area contributed by atoms with Crippen molar-refractivity contribution >= 4 is 0 Å². The first-order valence-corrected chi connectivity index (χ1v) is 6.50. The molecular weight excluding hydrogens is 184 g/mol. The lowest BCUT2D eigenvalue weighted by atomic mass is 9.83. The summed E-state index contributed by atoms with van der Waals surface area (Å²) < 4.78 is 0. The van der Waals surface area contributed by atoms with Gasteiger partial charge < -0.3 is 10.2 Å². The molecule has 0 spiro atoms. The number of likely N-dealkylation sites (tertiary alicyclic amines) is 1. The predicted molar refractivity (Wildman–Crippen MR) is 67.2 cm³/mol. The van der Waals surface area contributed by atoms with Crippen LogP contribution >= 0.6 is 0 Å². The Morgan fingerprint density at radius 2 is 2.13 bits per heavy atom. The summed E-state index contributed by atoms with van der Waals surface area (Å²) >= 11 is 0. The third-order valence-electron chi connectivity index (χ3n) is 3.54. The van der Waals surface area contributed by atoms with Crippen LogP contribution in [0, 0.1) is 5.41 Å². The molecule has 1 saturated heterocycles. The van der Waals surface area contributed by atoms with Gasteiger partial charge in [0, 0.05) is 12.6 Å². The first-order valence-electron chi connectivity index (χ1n) is 6.50. The first-order chi connectivity index (χ1) is 7.05. The minimum Gasteiger partial charge on any atom is -0.317 e. The van der Waals surface area contributed by atoms with Crippen molar-refractivity contribution in [3.63, 3.8) is 0 Å². The largest absolute Gasteiger partial charge is 0.317 e. The van der Waals surface area contributed by atoms with Crippen molar-refractivity contribution in [2.75, 3.05) is 26.2 Å². The van der Waals surface area contributed by atoms with Crippen LogP contribution in [0.25, 0.3) is 0 Å².